The number of amides is 1. The molecule has 9 heteroatoms. The normalized spacial score (nSPS) is 16.8. The summed E-state index contributed by atoms with van der Waals surface area (Å²) in [4.78, 5) is 24.6. The van der Waals surface area contributed by atoms with Gasteiger partial charge in [-0.25, -0.2) is 13.2 Å². The summed E-state index contributed by atoms with van der Waals surface area (Å²) in [6.45, 7) is 4.76. The van der Waals surface area contributed by atoms with Crippen molar-refractivity contribution < 1.29 is 27.5 Å². The number of nitrogens with one attached hydrogen (secondary N) is 1. The van der Waals surface area contributed by atoms with Crippen molar-refractivity contribution in [3.63, 3.8) is 0 Å². The van der Waals surface area contributed by atoms with E-state index in [4.69, 9.17) is 9.47 Å². The average Bonchev–Trinajstić information content (AvgIpc) is 2.84. The van der Waals surface area contributed by atoms with Crippen molar-refractivity contribution in [2.75, 3.05) is 26.3 Å². The van der Waals surface area contributed by atoms with Gasteiger partial charge in [-0.05, 0) is 43.2 Å². The Morgan fingerprint density at radius 1 is 1.03 bits per heavy atom. The zero-order chi connectivity index (χ0) is 23.8. The fourth-order valence-electron chi connectivity index (χ4n) is 3.27. The highest BCUT2D eigenvalue weighted by molar-refractivity contribution is 7.89. The molecule has 2 aromatic carbocycles. The Bertz CT molecular complexity index is 1080. The summed E-state index contributed by atoms with van der Waals surface area (Å²) in [7, 11) is -3.57. The molecule has 1 amide bonds. The van der Waals surface area contributed by atoms with Crippen LogP contribution in [0.2, 0.25) is 0 Å². The zero-order valence-corrected chi connectivity index (χ0v) is 19.5. The molecule has 0 saturated carbocycles. The summed E-state index contributed by atoms with van der Waals surface area (Å²) in [5.74, 6) is -1.07. The molecule has 0 aromatic heterocycles. The first-order chi connectivity index (χ1) is 15.8. The molecular weight excluding hydrogens is 444 g/mol. The Labute approximate surface area is 194 Å². The standard InChI is InChI=1S/C24H28N2O6S/c1-18(21-6-4-3-5-7-21)25-24(28)19(2)32-23(27)13-10-20-8-11-22(12-9-20)33(29,30)26-14-16-31-17-15-26/h3-13,18-19H,14-17H2,1-2H3,(H,25,28)/b13-10+. The van der Waals surface area contributed by atoms with Crippen LogP contribution >= 0.6 is 0 Å². The molecule has 1 aliphatic heterocycles. The predicted octanol–water partition coefficient (Wildman–Crippen LogP) is 2.53. The zero-order valence-electron chi connectivity index (χ0n) is 18.6. The van der Waals surface area contributed by atoms with Crippen LogP contribution in [0, 0.1) is 0 Å². The molecule has 0 bridgehead atoms. The number of benzene rings is 2. The molecule has 1 saturated heterocycles. The van der Waals surface area contributed by atoms with Crippen LogP contribution in [-0.4, -0.2) is 57.0 Å². The van der Waals surface area contributed by atoms with Crippen LogP contribution in [0.4, 0.5) is 0 Å². The number of morpholine rings is 1. The van der Waals surface area contributed by atoms with Crippen LogP contribution in [0.15, 0.2) is 65.6 Å². The summed E-state index contributed by atoms with van der Waals surface area (Å²) in [5.41, 5.74) is 1.58. The van der Waals surface area contributed by atoms with Crippen LogP contribution < -0.4 is 5.32 Å². The largest absolute Gasteiger partial charge is 0.449 e. The second-order valence-corrected chi connectivity index (χ2v) is 9.58. The number of rotatable bonds is 8. The third kappa shape index (κ3) is 6.74. The maximum Gasteiger partial charge on any atom is 0.331 e. The van der Waals surface area contributed by atoms with Gasteiger partial charge in [0.25, 0.3) is 5.91 Å². The highest BCUT2D eigenvalue weighted by Crippen LogP contribution is 2.18. The maximum absolute atomic E-state index is 12.7. The van der Waals surface area contributed by atoms with E-state index in [2.05, 4.69) is 5.32 Å². The van der Waals surface area contributed by atoms with Crippen molar-refractivity contribution in [1.29, 1.82) is 0 Å². The van der Waals surface area contributed by atoms with Gasteiger partial charge in [-0.3, -0.25) is 4.79 Å². The van der Waals surface area contributed by atoms with Crippen molar-refractivity contribution >= 4 is 28.0 Å². The molecule has 2 aromatic rings. The molecule has 1 heterocycles. The second kappa shape index (κ2) is 11.2. The van der Waals surface area contributed by atoms with Crippen LogP contribution in [0.5, 0.6) is 0 Å². The molecule has 3 rings (SSSR count). The Balaban J connectivity index is 1.53. The van der Waals surface area contributed by atoms with Gasteiger partial charge in [-0.15, -0.1) is 0 Å². The molecule has 33 heavy (non-hydrogen) atoms. The van der Waals surface area contributed by atoms with Crippen molar-refractivity contribution in [2.24, 2.45) is 0 Å². The topological polar surface area (TPSA) is 102 Å². The van der Waals surface area contributed by atoms with E-state index in [9.17, 15) is 18.0 Å². The fraction of sp³-hybridized carbons (Fsp3) is 0.333. The lowest BCUT2D eigenvalue weighted by Crippen LogP contribution is -2.40. The number of nitrogens with zero attached hydrogens (tertiary/aromatic N) is 1. The third-order valence-corrected chi connectivity index (χ3v) is 7.13. The summed E-state index contributed by atoms with van der Waals surface area (Å²) in [6, 6.07) is 15.5. The lowest BCUT2D eigenvalue weighted by molar-refractivity contribution is -0.150. The molecule has 0 radical (unpaired) electrons. The molecular formula is C24H28N2O6S. The van der Waals surface area contributed by atoms with Crippen molar-refractivity contribution in [1.82, 2.24) is 9.62 Å². The van der Waals surface area contributed by atoms with Gasteiger partial charge in [0.1, 0.15) is 0 Å². The molecule has 1 fully saturated rings. The van der Waals surface area contributed by atoms with Crippen molar-refractivity contribution in [3.8, 4) is 0 Å². The number of sulfonamides is 1. The fourth-order valence-corrected chi connectivity index (χ4v) is 4.68. The molecule has 0 aliphatic carbocycles. The SMILES string of the molecule is CC(OC(=O)/C=C/c1ccc(S(=O)(=O)N2CCOCC2)cc1)C(=O)NC(C)c1ccccc1. The lowest BCUT2D eigenvalue weighted by atomic mass is 10.1. The number of hydrogen-bond donors (Lipinski definition) is 1. The molecule has 1 aliphatic rings. The van der Waals surface area contributed by atoms with Gasteiger partial charge in [0.05, 0.1) is 24.2 Å². The number of esters is 1. The van der Waals surface area contributed by atoms with Gasteiger partial charge in [0.15, 0.2) is 6.10 Å². The molecule has 0 spiro atoms. The number of carbonyl (C=O) groups is 2. The van der Waals surface area contributed by atoms with E-state index in [1.807, 2.05) is 37.3 Å². The lowest BCUT2D eigenvalue weighted by Gasteiger charge is -2.26. The van der Waals surface area contributed by atoms with Crippen LogP contribution in [-0.2, 0) is 29.1 Å². The second-order valence-electron chi connectivity index (χ2n) is 7.64. The number of hydrogen-bond acceptors (Lipinski definition) is 6. The van der Waals surface area contributed by atoms with Crippen molar-refractivity contribution in [3.05, 3.63) is 71.8 Å². The van der Waals surface area contributed by atoms with Gasteiger partial charge in [-0.2, -0.15) is 4.31 Å². The van der Waals surface area contributed by atoms with Crippen LogP contribution in [0.3, 0.4) is 0 Å². The third-order valence-electron chi connectivity index (χ3n) is 5.22. The first-order valence-electron chi connectivity index (χ1n) is 10.7. The van der Waals surface area contributed by atoms with Gasteiger partial charge in [0, 0.05) is 19.2 Å². The highest BCUT2D eigenvalue weighted by atomic mass is 32.2. The summed E-state index contributed by atoms with van der Waals surface area (Å²) in [6.07, 6.45) is 1.75. The molecule has 176 valence electrons. The van der Waals surface area contributed by atoms with E-state index >= 15 is 0 Å². The van der Waals surface area contributed by atoms with E-state index in [1.165, 1.54) is 35.5 Å². The minimum atomic E-state index is -3.57. The summed E-state index contributed by atoms with van der Waals surface area (Å²) >= 11 is 0. The van der Waals surface area contributed by atoms with E-state index in [1.54, 1.807) is 12.1 Å². The Kier molecular flexibility index (Phi) is 8.37. The first kappa shape index (κ1) is 24.6. The molecule has 2 atom stereocenters. The Hall–Kier alpha value is -3.01. The smallest absolute Gasteiger partial charge is 0.331 e. The summed E-state index contributed by atoms with van der Waals surface area (Å²) in [5, 5.41) is 2.81. The van der Waals surface area contributed by atoms with E-state index in [0.717, 1.165) is 5.56 Å². The van der Waals surface area contributed by atoms with Crippen LogP contribution in [0.1, 0.15) is 31.0 Å². The number of ether oxygens (including phenoxy) is 2. The minimum Gasteiger partial charge on any atom is -0.449 e. The molecule has 1 N–H and O–H groups in total. The Morgan fingerprint density at radius 2 is 1.67 bits per heavy atom. The minimum absolute atomic E-state index is 0.182. The molecule has 8 nitrogen and oxygen atoms in total. The Morgan fingerprint density at radius 3 is 2.30 bits per heavy atom. The maximum atomic E-state index is 12.7. The van der Waals surface area contributed by atoms with Gasteiger partial charge >= 0.3 is 5.97 Å². The highest BCUT2D eigenvalue weighted by Gasteiger charge is 2.26. The quantitative estimate of drug-likeness (QED) is 0.468. The van der Waals surface area contributed by atoms with E-state index in [0.29, 0.717) is 31.9 Å². The van der Waals surface area contributed by atoms with E-state index < -0.39 is 28.0 Å². The van der Waals surface area contributed by atoms with Gasteiger partial charge in [-0.1, -0.05) is 42.5 Å². The summed E-state index contributed by atoms with van der Waals surface area (Å²) < 4.78 is 37.1. The van der Waals surface area contributed by atoms with Gasteiger partial charge < -0.3 is 14.8 Å². The average molecular weight is 473 g/mol. The van der Waals surface area contributed by atoms with E-state index in [-0.39, 0.29) is 10.9 Å². The molecule has 2 unspecified atom stereocenters. The monoisotopic (exact) mass is 472 g/mol. The van der Waals surface area contributed by atoms with Crippen molar-refractivity contribution in [2.45, 2.75) is 30.9 Å². The predicted molar refractivity (Wildman–Crippen MR) is 124 cm³/mol. The van der Waals surface area contributed by atoms with Crippen LogP contribution in [0.25, 0.3) is 6.08 Å². The number of carbonyl (C=O) groups excluding carboxylic acids is 2. The van der Waals surface area contributed by atoms with Gasteiger partial charge in [0.2, 0.25) is 10.0 Å². The first-order valence-corrected chi connectivity index (χ1v) is 12.1.